The zero-order chi connectivity index (χ0) is 11.0. The molecule has 0 saturated carbocycles. The molecule has 3 N–H and O–H groups in total. The quantitative estimate of drug-likeness (QED) is 0.762. The Kier molecular flexibility index (Phi) is 2.36. The molecule has 0 unspecified atom stereocenters. The van der Waals surface area contributed by atoms with E-state index in [1.807, 2.05) is 25.1 Å². The predicted molar refractivity (Wildman–Crippen MR) is 65.5 cm³/mol. The second-order valence-electron chi connectivity index (χ2n) is 3.40. The van der Waals surface area contributed by atoms with E-state index < -0.39 is 0 Å². The van der Waals surface area contributed by atoms with Crippen molar-refractivity contribution in [2.24, 2.45) is 5.73 Å². The molecule has 15 heavy (non-hydrogen) atoms. The predicted octanol–water partition coefficient (Wildman–Crippen LogP) is 2.12. The van der Waals surface area contributed by atoms with Crippen LogP contribution in [0.3, 0.4) is 0 Å². The van der Waals surface area contributed by atoms with Crippen LogP contribution in [-0.2, 0) is 0 Å². The fraction of sp³-hybridized carbons (Fsp3) is 0.182. The number of methoxy groups -OCH3 is 1. The number of rotatable bonds is 2. The van der Waals surface area contributed by atoms with Crippen molar-refractivity contribution in [2.75, 3.05) is 7.11 Å². The van der Waals surface area contributed by atoms with Crippen LogP contribution < -0.4 is 10.5 Å². The Labute approximate surface area is 93.2 Å². The van der Waals surface area contributed by atoms with Gasteiger partial charge in [0.25, 0.3) is 0 Å². The van der Waals surface area contributed by atoms with Crippen molar-refractivity contribution < 1.29 is 4.74 Å². The first-order chi connectivity index (χ1) is 7.13. The van der Waals surface area contributed by atoms with Gasteiger partial charge in [-0.25, -0.2) is 0 Å². The number of fused-ring (bicyclic) bond motifs is 1. The molecule has 0 radical (unpaired) electrons. The molecule has 0 fully saturated rings. The molecule has 0 aliphatic rings. The summed E-state index contributed by atoms with van der Waals surface area (Å²) >= 11 is 5.03. The second-order valence-corrected chi connectivity index (χ2v) is 3.84. The van der Waals surface area contributed by atoms with Gasteiger partial charge in [0.15, 0.2) is 0 Å². The van der Waals surface area contributed by atoms with Crippen LogP contribution in [0.4, 0.5) is 0 Å². The number of H-pyrrole nitrogens is 1. The van der Waals surface area contributed by atoms with Crippen LogP contribution >= 0.6 is 12.2 Å². The van der Waals surface area contributed by atoms with Gasteiger partial charge in [0, 0.05) is 22.2 Å². The molecule has 0 saturated heterocycles. The molecule has 1 aromatic heterocycles. The number of aryl methyl sites for hydroxylation is 1. The van der Waals surface area contributed by atoms with E-state index in [1.165, 1.54) is 0 Å². The van der Waals surface area contributed by atoms with Gasteiger partial charge in [0.05, 0.1) is 7.11 Å². The van der Waals surface area contributed by atoms with Crippen LogP contribution in [0.1, 0.15) is 11.3 Å². The molecule has 78 valence electrons. The minimum absolute atomic E-state index is 0.409. The third kappa shape index (κ3) is 1.57. The van der Waals surface area contributed by atoms with Crippen molar-refractivity contribution in [3.63, 3.8) is 0 Å². The summed E-state index contributed by atoms with van der Waals surface area (Å²) in [5.41, 5.74) is 8.60. The number of hydrogen-bond acceptors (Lipinski definition) is 2. The second kappa shape index (κ2) is 3.55. The first-order valence-electron chi connectivity index (χ1n) is 4.59. The Bertz CT molecular complexity index is 531. The molecule has 2 aromatic rings. The Morgan fingerprint density at radius 2 is 2.20 bits per heavy atom. The van der Waals surface area contributed by atoms with Gasteiger partial charge in [-0.3, -0.25) is 0 Å². The number of ether oxygens (including phenoxy) is 1. The Balaban J connectivity index is 2.77. The molecule has 3 nitrogen and oxygen atoms in total. The summed E-state index contributed by atoms with van der Waals surface area (Å²) in [5, 5.41) is 1.01. The molecule has 1 aromatic carbocycles. The lowest BCUT2D eigenvalue weighted by Crippen LogP contribution is -2.10. The van der Waals surface area contributed by atoms with Crippen LogP contribution in [0.2, 0.25) is 0 Å². The van der Waals surface area contributed by atoms with Crippen LogP contribution in [0.25, 0.3) is 10.9 Å². The lowest BCUT2D eigenvalue weighted by Gasteiger charge is -2.00. The van der Waals surface area contributed by atoms with E-state index in [1.54, 1.807) is 7.11 Å². The summed E-state index contributed by atoms with van der Waals surface area (Å²) in [7, 11) is 1.64. The van der Waals surface area contributed by atoms with E-state index in [2.05, 4.69) is 4.98 Å². The minimum Gasteiger partial charge on any atom is -0.497 e. The molecular formula is C11H12N2OS. The van der Waals surface area contributed by atoms with Gasteiger partial charge >= 0.3 is 0 Å². The molecular weight excluding hydrogens is 208 g/mol. The minimum atomic E-state index is 0.409. The molecule has 0 atom stereocenters. The molecule has 0 aliphatic heterocycles. The number of aromatic amines is 1. The van der Waals surface area contributed by atoms with E-state index in [4.69, 9.17) is 22.7 Å². The van der Waals surface area contributed by atoms with E-state index >= 15 is 0 Å². The van der Waals surface area contributed by atoms with Gasteiger partial charge in [0.2, 0.25) is 0 Å². The number of aromatic nitrogens is 1. The maximum absolute atomic E-state index is 5.69. The average Bonchev–Trinajstić information content (AvgIpc) is 2.52. The molecule has 0 bridgehead atoms. The fourth-order valence-corrected chi connectivity index (χ4v) is 2.01. The molecule has 0 amide bonds. The van der Waals surface area contributed by atoms with Gasteiger partial charge in [-0.1, -0.05) is 12.2 Å². The number of hydrogen-bond donors (Lipinski definition) is 2. The van der Waals surface area contributed by atoms with Gasteiger partial charge < -0.3 is 15.5 Å². The SMILES string of the molecule is COc1ccc2[nH]c(C)c(C(N)=S)c2c1. The van der Waals surface area contributed by atoms with Crippen LogP contribution in [-0.4, -0.2) is 17.1 Å². The zero-order valence-electron chi connectivity index (χ0n) is 8.63. The molecule has 1 heterocycles. The number of thiocarbonyl (C=S) groups is 1. The van der Waals surface area contributed by atoms with Crippen molar-refractivity contribution >= 4 is 28.1 Å². The standard InChI is InChI=1S/C11H12N2OS/c1-6-10(11(12)15)8-5-7(14-2)3-4-9(8)13-6/h3-5,13H,1-2H3,(H2,12,15). The van der Waals surface area contributed by atoms with Crippen LogP contribution in [0.15, 0.2) is 18.2 Å². The Morgan fingerprint density at radius 3 is 2.80 bits per heavy atom. The monoisotopic (exact) mass is 220 g/mol. The van der Waals surface area contributed by atoms with Crippen molar-refractivity contribution in [2.45, 2.75) is 6.92 Å². The summed E-state index contributed by atoms with van der Waals surface area (Å²) in [6.07, 6.45) is 0. The Hall–Kier alpha value is -1.55. The van der Waals surface area contributed by atoms with E-state index in [9.17, 15) is 0 Å². The molecule has 0 spiro atoms. The smallest absolute Gasteiger partial charge is 0.119 e. The van der Waals surface area contributed by atoms with Crippen molar-refractivity contribution in [3.05, 3.63) is 29.5 Å². The summed E-state index contributed by atoms with van der Waals surface area (Å²) < 4.78 is 5.17. The van der Waals surface area contributed by atoms with Crippen LogP contribution in [0, 0.1) is 6.92 Å². The first-order valence-corrected chi connectivity index (χ1v) is 5.00. The third-order valence-electron chi connectivity index (χ3n) is 2.44. The molecule has 2 rings (SSSR count). The van der Waals surface area contributed by atoms with E-state index in [0.29, 0.717) is 4.99 Å². The average molecular weight is 220 g/mol. The van der Waals surface area contributed by atoms with E-state index in [0.717, 1.165) is 27.9 Å². The maximum Gasteiger partial charge on any atom is 0.119 e. The van der Waals surface area contributed by atoms with Crippen molar-refractivity contribution in [1.29, 1.82) is 0 Å². The largest absolute Gasteiger partial charge is 0.497 e. The maximum atomic E-state index is 5.69. The van der Waals surface area contributed by atoms with Gasteiger partial charge in [-0.05, 0) is 25.1 Å². The summed E-state index contributed by atoms with van der Waals surface area (Å²) in [6, 6.07) is 5.80. The number of nitrogens with two attached hydrogens (primary N) is 1. The normalized spacial score (nSPS) is 10.5. The third-order valence-corrected chi connectivity index (χ3v) is 2.64. The summed E-state index contributed by atoms with van der Waals surface area (Å²) in [6.45, 7) is 1.96. The number of nitrogens with one attached hydrogen (secondary N) is 1. The Morgan fingerprint density at radius 1 is 1.47 bits per heavy atom. The van der Waals surface area contributed by atoms with Crippen molar-refractivity contribution in [1.82, 2.24) is 4.98 Å². The van der Waals surface area contributed by atoms with Gasteiger partial charge in [-0.15, -0.1) is 0 Å². The van der Waals surface area contributed by atoms with Crippen molar-refractivity contribution in [3.8, 4) is 5.75 Å². The number of benzene rings is 1. The lowest BCUT2D eigenvalue weighted by atomic mass is 10.1. The highest BCUT2D eigenvalue weighted by Gasteiger charge is 2.10. The highest BCUT2D eigenvalue weighted by Crippen LogP contribution is 2.26. The fourth-order valence-electron chi connectivity index (χ4n) is 1.75. The van der Waals surface area contributed by atoms with E-state index in [-0.39, 0.29) is 0 Å². The summed E-state index contributed by atoms with van der Waals surface area (Å²) in [5.74, 6) is 0.805. The highest BCUT2D eigenvalue weighted by molar-refractivity contribution is 7.80. The van der Waals surface area contributed by atoms with Gasteiger partial charge in [-0.2, -0.15) is 0 Å². The zero-order valence-corrected chi connectivity index (χ0v) is 9.44. The molecule has 4 heteroatoms. The van der Waals surface area contributed by atoms with Gasteiger partial charge in [0.1, 0.15) is 10.7 Å². The highest BCUT2D eigenvalue weighted by atomic mass is 32.1. The molecule has 0 aliphatic carbocycles. The van der Waals surface area contributed by atoms with Crippen LogP contribution in [0.5, 0.6) is 5.75 Å². The summed E-state index contributed by atoms with van der Waals surface area (Å²) in [4.78, 5) is 3.65. The topological polar surface area (TPSA) is 51.0 Å². The lowest BCUT2D eigenvalue weighted by molar-refractivity contribution is 0.415. The first kappa shape index (κ1) is 9.98.